The van der Waals surface area contributed by atoms with E-state index in [0.29, 0.717) is 5.12 Å². The Bertz CT molecular complexity index is 81.0. The van der Waals surface area contributed by atoms with Crippen LogP contribution in [-0.2, 0) is 26.5 Å². The van der Waals surface area contributed by atoms with Crippen molar-refractivity contribution >= 4 is 18.1 Å². The van der Waals surface area contributed by atoms with Crippen molar-refractivity contribution in [3.05, 3.63) is 0 Å². The fourth-order valence-electron chi connectivity index (χ4n) is 1.07. The van der Waals surface area contributed by atoms with Gasteiger partial charge in [0.05, 0.1) is 0 Å². The second kappa shape index (κ2) is 3.97. The third-order valence-corrected chi connectivity index (χ3v) is 2.45. The summed E-state index contributed by atoms with van der Waals surface area (Å²) in [6.07, 6.45) is 3.94. The predicted molar refractivity (Wildman–Crippen MR) is 41.0 cm³/mol. The van der Waals surface area contributed by atoms with E-state index in [1.807, 2.05) is 0 Å². The average molecular weight is 176 g/mol. The molecule has 50 valence electrons. The van der Waals surface area contributed by atoms with Crippen LogP contribution in [0.3, 0.4) is 0 Å². The summed E-state index contributed by atoms with van der Waals surface area (Å²) in [5, 5.41) is 0.318. The van der Waals surface area contributed by atoms with Crippen LogP contribution in [0.2, 0.25) is 0 Å². The zero-order valence-electron chi connectivity index (χ0n) is 6.24. The molecule has 1 rings (SSSR count). The molecule has 0 bridgehead atoms. The third-order valence-electron chi connectivity index (χ3n) is 1.67. The Labute approximate surface area is 75.6 Å². The molecular formula is C5H13BOSiTi. The molecule has 1 aliphatic heterocycles. The van der Waals surface area contributed by atoms with E-state index in [1.165, 1.54) is 29.5 Å². The summed E-state index contributed by atoms with van der Waals surface area (Å²) in [7, 11) is 3.41. The number of ether oxygens (including phenoxy) is 1. The molecule has 1 saturated heterocycles. The Kier molecular flexibility index (Phi) is 4.39. The van der Waals surface area contributed by atoms with Crippen LogP contribution in [0, 0.1) is 0 Å². The molecular weight excluding hydrogens is 163 g/mol. The summed E-state index contributed by atoms with van der Waals surface area (Å²) in [6.45, 7) is 1.00. The minimum absolute atomic E-state index is 0. The van der Waals surface area contributed by atoms with Crippen molar-refractivity contribution < 1.29 is 26.5 Å². The normalized spacial score (nSPS) is 35.6. The number of rotatable bonds is 0. The molecule has 1 unspecified atom stereocenters. The summed E-state index contributed by atoms with van der Waals surface area (Å²) >= 11 is 0. The molecule has 1 fully saturated rings. The van der Waals surface area contributed by atoms with Crippen molar-refractivity contribution in [2.45, 2.75) is 24.4 Å². The van der Waals surface area contributed by atoms with Crippen molar-refractivity contribution in [1.29, 1.82) is 0 Å². The van der Waals surface area contributed by atoms with E-state index in [1.54, 1.807) is 0 Å². The maximum Gasteiger partial charge on any atom is 0.137 e. The van der Waals surface area contributed by atoms with E-state index < -0.39 is 0 Å². The molecule has 0 aromatic heterocycles. The first kappa shape index (κ1) is 9.96. The van der Waals surface area contributed by atoms with Gasteiger partial charge in [-0.25, -0.2) is 0 Å². The Morgan fingerprint density at radius 1 is 1.44 bits per heavy atom. The van der Waals surface area contributed by atoms with Crippen LogP contribution in [0.1, 0.15) is 19.3 Å². The van der Waals surface area contributed by atoms with Gasteiger partial charge in [0.1, 0.15) is 7.85 Å². The quantitative estimate of drug-likeness (QED) is 0.423. The molecule has 0 spiro atoms. The molecule has 4 heteroatoms. The van der Waals surface area contributed by atoms with Crippen molar-refractivity contribution in [1.82, 2.24) is 0 Å². The van der Waals surface area contributed by atoms with Gasteiger partial charge in [-0.15, -0.1) is 0 Å². The molecule has 0 N–H and O–H groups in total. The van der Waals surface area contributed by atoms with Gasteiger partial charge in [-0.2, -0.15) is 0 Å². The molecule has 1 nitrogen and oxygen atoms in total. The smallest absolute Gasteiger partial charge is 0.137 e. The van der Waals surface area contributed by atoms with Gasteiger partial charge in [-0.3, -0.25) is 0 Å². The summed E-state index contributed by atoms with van der Waals surface area (Å²) in [5.74, 6) is 0. The van der Waals surface area contributed by atoms with Gasteiger partial charge in [-0.1, -0.05) is 0 Å². The number of hydrogen-bond donors (Lipinski definition) is 0. The first-order chi connectivity index (χ1) is 3.71. The third kappa shape index (κ3) is 3.61. The fourth-order valence-corrected chi connectivity index (χ4v) is 1.63. The standard InChI is InChI=1S/C5H13BOSi.Ti/c6-5(8)3-1-2-4-7-5;/h1-4,6H2,8H3;. The summed E-state index contributed by atoms with van der Waals surface area (Å²) in [4.78, 5) is 0. The summed E-state index contributed by atoms with van der Waals surface area (Å²) < 4.78 is 5.53. The maximum atomic E-state index is 5.53. The van der Waals surface area contributed by atoms with E-state index in [2.05, 4.69) is 7.85 Å². The minimum Gasteiger partial charge on any atom is -0.388 e. The van der Waals surface area contributed by atoms with Crippen LogP contribution in [0.5, 0.6) is 0 Å². The van der Waals surface area contributed by atoms with Crippen molar-refractivity contribution in [2.24, 2.45) is 0 Å². The Hall–Kier alpha value is 0.956. The van der Waals surface area contributed by atoms with Crippen LogP contribution >= 0.6 is 0 Å². The zero-order chi connectivity index (χ0) is 6.04. The summed E-state index contributed by atoms with van der Waals surface area (Å²) in [6, 6.07) is 0. The first-order valence-corrected chi connectivity index (χ1v) is 4.35. The Morgan fingerprint density at radius 2 is 2.11 bits per heavy atom. The molecule has 0 amide bonds. The SMILES string of the molecule is BC1([SiH3])CCCCO1.[Ti]. The van der Waals surface area contributed by atoms with Crippen LogP contribution in [-0.4, -0.2) is 29.8 Å². The molecule has 0 radical (unpaired) electrons. The fraction of sp³-hybridized carbons (Fsp3) is 1.00. The first-order valence-electron chi connectivity index (χ1n) is 3.35. The van der Waals surface area contributed by atoms with E-state index in [9.17, 15) is 0 Å². The molecule has 9 heavy (non-hydrogen) atoms. The zero-order valence-corrected chi connectivity index (χ0v) is 9.80. The summed E-state index contributed by atoms with van der Waals surface area (Å²) in [5.41, 5.74) is 0. The second-order valence-corrected chi connectivity index (χ2v) is 5.18. The topological polar surface area (TPSA) is 9.23 Å². The van der Waals surface area contributed by atoms with Crippen molar-refractivity contribution in [3.8, 4) is 0 Å². The van der Waals surface area contributed by atoms with Gasteiger partial charge in [0.2, 0.25) is 0 Å². The average Bonchev–Trinajstić information content (AvgIpc) is 1.65. The Balaban J connectivity index is 0.000000640. The molecule has 0 aromatic carbocycles. The van der Waals surface area contributed by atoms with E-state index in [-0.39, 0.29) is 21.7 Å². The van der Waals surface area contributed by atoms with Crippen molar-refractivity contribution in [2.75, 3.05) is 6.61 Å². The van der Waals surface area contributed by atoms with E-state index in [4.69, 9.17) is 4.74 Å². The molecule has 0 saturated carbocycles. The molecule has 0 aromatic rings. The van der Waals surface area contributed by atoms with Gasteiger partial charge in [0.15, 0.2) is 0 Å². The number of hydrogen-bond acceptors (Lipinski definition) is 1. The minimum atomic E-state index is 0. The van der Waals surface area contributed by atoms with Crippen LogP contribution < -0.4 is 0 Å². The van der Waals surface area contributed by atoms with Gasteiger partial charge in [-0.05, 0) is 19.3 Å². The molecule has 1 heterocycles. The van der Waals surface area contributed by atoms with Gasteiger partial charge in [0.25, 0.3) is 0 Å². The van der Waals surface area contributed by atoms with Gasteiger partial charge < -0.3 is 4.74 Å². The second-order valence-electron chi connectivity index (χ2n) is 3.07. The van der Waals surface area contributed by atoms with Crippen LogP contribution in [0.25, 0.3) is 0 Å². The van der Waals surface area contributed by atoms with Crippen LogP contribution in [0.15, 0.2) is 0 Å². The van der Waals surface area contributed by atoms with Gasteiger partial charge >= 0.3 is 0 Å². The largest absolute Gasteiger partial charge is 0.388 e. The van der Waals surface area contributed by atoms with Crippen molar-refractivity contribution in [3.63, 3.8) is 0 Å². The van der Waals surface area contributed by atoms with E-state index >= 15 is 0 Å². The molecule has 1 atom stereocenters. The monoisotopic (exact) mass is 176 g/mol. The molecule has 0 aliphatic carbocycles. The predicted octanol–water partition coefficient (Wildman–Crippen LogP) is -1.16. The molecule has 1 aliphatic rings. The van der Waals surface area contributed by atoms with Gasteiger partial charge in [0, 0.05) is 43.7 Å². The van der Waals surface area contributed by atoms with E-state index in [0.717, 1.165) is 6.61 Å². The van der Waals surface area contributed by atoms with Crippen LogP contribution in [0.4, 0.5) is 0 Å². The Morgan fingerprint density at radius 3 is 2.33 bits per heavy atom. The maximum absolute atomic E-state index is 5.53.